The van der Waals surface area contributed by atoms with Crippen LogP contribution in [0.2, 0.25) is 0 Å². The van der Waals surface area contributed by atoms with Crippen LogP contribution < -0.4 is 5.73 Å². The Morgan fingerprint density at radius 3 is 2.38 bits per heavy atom. The van der Waals surface area contributed by atoms with E-state index < -0.39 is 0 Å². The zero-order chi connectivity index (χ0) is 15.4. The minimum absolute atomic E-state index is 0.108. The summed E-state index contributed by atoms with van der Waals surface area (Å²) < 4.78 is 0. The number of anilines is 1. The van der Waals surface area contributed by atoms with E-state index in [1.807, 2.05) is 0 Å². The lowest BCUT2D eigenvalue weighted by Crippen LogP contribution is -2.27. The van der Waals surface area contributed by atoms with E-state index in [0.29, 0.717) is 23.8 Å². The number of nitrogens with two attached hydrogens (primary N) is 1. The highest BCUT2D eigenvalue weighted by atomic mass is 16.2. The minimum Gasteiger partial charge on any atom is -0.397 e. The standard InChI is InChI=1S/C17H21N3O/c1-12(2)14-6-4-13(5-7-14)11-20(3)17(21)16-9-8-15(18)10-19-16/h4-10,12H,11,18H2,1-3H3. The number of nitrogen functional groups attached to an aromatic ring is 1. The number of rotatable bonds is 4. The van der Waals surface area contributed by atoms with Gasteiger partial charge in [-0.3, -0.25) is 4.79 Å². The van der Waals surface area contributed by atoms with Crippen molar-refractivity contribution in [3.63, 3.8) is 0 Å². The summed E-state index contributed by atoms with van der Waals surface area (Å²) in [5.74, 6) is 0.403. The molecule has 0 aliphatic heterocycles. The van der Waals surface area contributed by atoms with Gasteiger partial charge < -0.3 is 10.6 Å². The Balaban J connectivity index is 2.05. The lowest BCUT2D eigenvalue weighted by atomic mass is 10.0. The van der Waals surface area contributed by atoms with Gasteiger partial charge in [0.15, 0.2) is 0 Å². The van der Waals surface area contributed by atoms with Gasteiger partial charge in [0.1, 0.15) is 5.69 Å². The zero-order valence-corrected chi connectivity index (χ0v) is 12.7. The second-order valence-electron chi connectivity index (χ2n) is 5.53. The molecule has 1 aromatic heterocycles. The molecule has 2 aromatic rings. The van der Waals surface area contributed by atoms with Gasteiger partial charge in [-0.05, 0) is 29.2 Å². The van der Waals surface area contributed by atoms with Crippen molar-refractivity contribution >= 4 is 11.6 Å². The molecule has 0 saturated heterocycles. The fourth-order valence-electron chi connectivity index (χ4n) is 2.08. The van der Waals surface area contributed by atoms with Crippen LogP contribution in [0.25, 0.3) is 0 Å². The molecule has 0 radical (unpaired) electrons. The maximum Gasteiger partial charge on any atom is 0.272 e. The van der Waals surface area contributed by atoms with Crippen molar-refractivity contribution in [1.82, 2.24) is 9.88 Å². The number of carbonyl (C=O) groups is 1. The Bertz CT molecular complexity index is 603. The predicted molar refractivity (Wildman–Crippen MR) is 85.0 cm³/mol. The Kier molecular flexibility index (Phi) is 4.58. The average molecular weight is 283 g/mol. The van der Waals surface area contributed by atoms with E-state index in [9.17, 15) is 4.79 Å². The van der Waals surface area contributed by atoms with E-state index in [0.717, 1.165) is 5.56 Å². The SMILES string of the molecule is CC(C)c1ccc(CN(C)C(=O)c2ccc(N)cn2)cc1. The molecule has 21 heavy (non-hydrogen) atoms. The first-order valence-electron chi connectivity index (χ1n) is 7.03. The van der Waals surface area contributed by atoms with Crippen LogP contribution >= 0.6 is 0 Å². The normalized spacial score (nSPS) is 10.7. The molecule has 2 rings (SSSR count). The number of nitrogens with zero attached hydrogens (tertiary/aromatic N) is 2. The third kappa shape index (κ3) is 3.81. The number of benzene rings is 1. The van der Waals surface area contributed by atoms with E-state index >= 15 is 0 Å². The number of carbonyl (C=O) groups excluding carboxylic acids is 1. The fourth-order valence-corrected chi connectivity index (χ4v) is 2.08. The first-order valence-corrected chi connectivity index (χ1v) is 7.03. The molecule has 0 unspecified atom stereocenters. The maximum atomic E-state index is 12.3. The summed E-state index contributed by atoms with van der Waals surface area (Å²) in [5.41, 5.74) is 8.94. The molecular formula is C17H21N3O. The molecule has 0 aliphatic carbocycles. The van der Waals surface area contributed by atoms with Gasteiger partial charge in [-0.1, -0.05) is 38.1 Å². The first kappa shape index (κ1) is 15.0. The Hall–Kier alpha value is -2.36. The lowest BCUT2D eigenvalue weighted by Gasteiger charge is -2.17. The molecule has 0 bridgehead atoms. The van der Waals surface area contributed by atoms with Crippen LogP contribution in [-0.2, 0) is 6.54 Å². The lowest BCUT2D eigenvalue weighted by molar-refractivity contribution is 0.0779. The summed E-state index contributed by atoms with van der Waals surface area (Å²) in [6, 6.07) is 11.7. The van der Waals surface area contributed by atoms with E-state index in [1.54, 1.807) is 24.1 Å². The number of hydrogen-bond donors (Lipinski definition) is 1. The first-order chi connectivity index (χ1) is 9.97. The van der Waals surface area contributed by atoms with Crippen LogP contribution in [0.1, 0.15) is 41.4 Å². The van der Waals surface area contributed by atoms with Crippen molar-refractivity contribution in [3.8, 4) is 0 Å². The van der Waals surface area contributed by atoms with Gasteiger partial charge in [-0.2, -0.15) is 0 Å². The summed E-state index contributed by atoms with van der Waals surface area (Å²) in [4.78, 5) is 18.0. The molecule has 0 spiro atoms. The molecule has 4 heteroatoms. The van der Waals surface area contributed by atoms with Gasteiger partial charge in [0, 0.05) is 13.6 Å². The Morgan fingerprint density at radius 1 is 1.19 bits per heavy atom. The molecule has 0 saturated carbocycles. The van der Waals surface area contributed by atoms with Crippen LogP contribution in [0, 0.1) is 0 Å². The molecule has 0 fully saturated rings. The average Bonchev–Trinajstić information content (AvgIpc) is 2.47. The van der Waals surface area contributed by atoms with E-state index in [2.05, 4.69) is 43.1 Å². The van der Waals surface area contributed by atoms with Gasteiger partial charge >= 0.3 is 0 Å². The van der Waals surface area contributed by atoms with Crippen LogP contribution in [0.5, 0.6) is 0 Å². The predicted octanol–water partition coefficient (Wildman–Crippen LogP) is 3.06. The molecule has 1 aromatic carbocycles. The van der Waals surface area contributed by atoms with Crippen molar-refractivity contribution in [1.29, 1.82) is 0 Å². The zero-order valence-electron chi connectivity index (χ0n) is 12.7. The second-order valence-corrected chi connectivity index (χ2v) is 5.53. The largest absolute Gasteiger partial charge is 0.397 e. The van der Waals surface area contributed by atoms with Crippen molar-refractivity contribution in [3.05, 3.63) is 59.4 Å². The van der Waals surface area contributed by atoms with Crippen molar-refractivity contribution < 1.29 is 4.79 Å². The number of aromatic nitrogens is 1. The molecule has 4 nitrogen and oxygen atoms in total. The highest BCUT2D eigenvalue weighted by Gasteiger charge is 2.13. The number of hydrogen-bond acceptors (Lipinski definition) is 3. The Morgan fingerprint density at radius 2 is 1.86 bits per heavy atom. The van der Waals surface area contributed by atoms with Crippen molar-refractivity contribution in [2.45, 2.75) is 26.3 Å². The van der Waals surface area contributed by atoms with Gasteiger partial charge in [-0.25, -0.2) is 4.98 Å². The highest BCUT2D eigenvalue weighted by molar-refractivity contribution is 5.92. The van der Waals surface area contributed by atoms with Crippen LogP contribution in [0.4, 0.5) is 5.69 Å². The van der Waals surface area contributed by atoms with Crippen LogP contribution in [-0.4, -0.2) is 22.8 Å². The third-order valence-electron chi connectivity index (χ3n) is 3.42. The second kappa shape index (κ2) is 6.39. The van der Waals surface area contributed by atoms with E-state index in [-0.39, 0.29) is 5.91 Å². The van der Waals surface area contributed by atoms with Gasteiger partial charge in [-0.15, -0.1) is 0 Å². The maximum absolute atomic E-state index is 12.3. The van der Waals surface area contributed by atoms with Gasteiger partial charge in [0.25, 0.3) is 5.91 Å². The minimum atomic E-state index is -0.108. The summed E-state index contributed by atoms with van der Waals surface area (Å²) >= 11 is 0. The van der Waals surface area contributed by atoms with Crippen LogP contribution in [0.3, 0.4) is 0 Å². The van der Waals surface area contributed by atoms with E-state index in [1.165, 1.54) is 11.8 Å². The summed E-state index contributed by atoms with van der Waals surface area (Å²) in [6.07, 6.45) is 1.50. The molecule has 1 amide bonds. The van der Waals surface area contributed by atoms with E-state index in [4.69, 9.17) is 5.73 Å². The smallest absolute Gasteiger partial charge is 0.272 e. The molecule has 1 heterocycles. The highest BCUT2D eigenvalue weighted by Crippen LogP contribution is 2.16. The molecular weight excluding hydrogens is 262 g/mol. The molecule has 110 valence electrons. The molecule has 0 aliphatic rings. The topological polar surface area (TPSA) is 59.2 Å². The number of pyridine rings is 1. The summed E-state index contributed by atoms with van der Waals surface area (Å²) in [5, 5.41) is 0. The number of amides is 1. The van der Waals surface area contributed by atoms with Crippen LogP contribution in [0.15, 0.2) is 42.6 Å². The summed E-state index contributed by atoms with van der Waals surface area (Å²) in [7, 11) is 1.77. The molecule has 0 atom stereocenters. The monoisotopic (exact) mass is 283 g/mol. The third-order valence-corrected chi connectivity index (χ3v) is 3.42. The fraction of sp³-hybridized carbons (Fsp3) is 0.294. The van der Waals surface area contributed by atoms with Crippen molar-refractivity contribution in [2.75, 3.05) is 12.8 Å². The van der Waals surface area contributed by atoms with Crippen molar-refractivity contribution in [2.24, 2.45) is 0 Å². The Labute approximate surface area is 125 Å². The molecule has 2 N–H and O–H groups in total. The van der Waals surface area contributed by atoms with Gasteiger partial charge in [0.2, 0.25) is 0 Å². The summed E-state index contributed by atoms with van der Waals surface area (Å²) in [6.45, 7) is 4.89. The quantitative estimate of drug-likeness (QED) is 0.938. The van der Waals surface area contributed by atoms with Gasteiger partial charge in [0.05, 0.1) is 11.9 Å².